The topological polar surface area (TPSA) is 125 Å². The van der Waals surface area contributed by atoms with Crippen molar-refractivity contribution in [1.29, 1.82) is 5.26 Å². The SMILES string of the molecule is Cc1ccccc1CNC(=O)COC(=O)CNS(=O)(=O)c1ccc(C#N)cc1. The number of rotatable bonds is 8. The molecule has 2 aromatic rings. The molecule has 0 bridgehead atoms. The molecule has 0 atom stereocenters. The molecule has 146 valence electrons. The summed E-state index contributed by atoms with van der Waals surface area (Å²) in [4.78, 5) is 23.4. The van der Waals surface area contributed by atoms with Gasteiger partial charge in [0.15, 0.2) is 6.61 Å². The number of nitriles is 1. The van der Waals surface area contributed by atoms with E-state index in [1.807, 2.05) is 37.3 Å². The Morgan fingerprint density at radius 2 is 1.79 bits per heavy atom. The molecule has 2 aromatic carbocycles. The summed E-state index contributed by atoms with van der Waals surface area (Å²) in [6, 6.07) is 14.6. The van der Waals surface area contributed by atoms with E-state index in [4.69, 9.17) is 10.00 Å². The smallest absolute Gasteiger partial charge is 0.321 e. The summed E-state index contributed by atoms with van der Waals surface area (Å²) in [5.74, 6) is -1.38. The molecule has 0 spiro atoms. The average Bonchev–Trinajstić information content (AvgIpc) is 2.70. The van der Waals surface area contributed by atoms with Crippen molar-refractivity contribution < 1.29 is 22.7 Å². The Hall–Kier alpha value is -3.22. The maximum absolute atomic E-state index is 12.1. The number of hydrogen-bond acceptors (Lipinski definition) is 6. The predicted octanol–water partition coefficient (Wildman–Crippen LogP) is 1.00. The second-order valence-electron chi connectivity index (χ2n) is 5.82. The van der Waals surface area contributed by atoms with Crippen LogP contribution in [-0.2, 0) is 30.9 Å². The number of hydrogen-bond donors (Lipinski definition) is 2. The van der Waals surface area contributed by atoms with Gasteiger partial charge in [-0.15, -0.1) is 0 Å². The Labute approximate surface area is 163 Å². The third kappa shape index (κ3) is 6.19. The fourth-order valence-corrected chi connectivity index (χ4v) is 3.17. The minimum atomic E-state index is -3.93. The van der Waals surface area contributed by atoms with Crippen LogP contribution < -0.4 is 10.0 Å². The van der Waals surface area contributed by atoms with Gasteiger partial charge in [-0.2, -0.15) is 9.98 Å². The lowest BCUT2D eigenvalue weighted by Gasteiger charge is -2.09. The van der Waals surface area contributed by atoms with E-state index in [1.165, 1.54) is 24.3 Å². The highest BCUT2D eigenvalue weighted by molar-refractivity contribution is 7.89. The minimum Gasteiger partial charge on any atom is -0.455 e. The lowest BCUT2D eigenvalue weighted by molar-refractivity contribution is -0.147. The first-order valence-corrected chi connectivity index (χ1v) is 9.77. The maximum Gasteiger partial charge on any atom is 0.321 e. The Kier molecular flexibility index (Phi) is 7.26. The molecule has 9 heteroatoms. The van der Waals surface area contributed by atoms with E-state index in [1.54, 1.807) is 0 Å². The normalized spacial score (nSPS) is 10.7. The van der Waals surface area contributed by atoms with Gasteiger partial charge in [0.2, 0.25) is 10.0 Å². The van der Waals surface area contributed by atoms with E-state index in [-0.39, 0.29) is 4.90 Å². The Morgan fingerprint density at radius 3 is 2.43 bits per heavy atom. The molecule has 0 aliphatic carbocycles. The van der Waals surface area contributed by atoms with Gasteiger partial charge < -0.3 is 10.1 Å². The standard InChI is InChI=1S/C19H19N3O5S/c1-14-4-2-3-5-16(14)11-21-18(23)13-27-19(24)12-22-28(25,26)17-8-6-15(10-20)7-9-17/h2-9,22H,11-13H2,1H3,(H,21,23). The van der Waals surface area contributed by atoms with Crippen LogP contribution in [0.4, 0.5) is 0 Å². The van der Waals surface area contributed by atoms with Crippen molar-refractivity contribution in [2.45, 2.75) is 18.4 Å². The minimum absolute atomic E-state index is 0.0877. The Bertz CT molecular complexity index is 995. The van der Waals surface area contributed by atoms with Gasteiger partial charge in [-0.25, -0.2) is 8.42 Å². The van der Waals surface area contributed by atoms with E-state index < -0.39 is 35.1 Å². The highest BCUT2D eigenvalue weighted by atomic mass is 32.2. The molecule has 0 aliphatic heterocycles. The molecule has 0 heterocycles. The largest absolute Gasteiger partial charge is 0.455 e. The number of amides is 1. The van der Waals surface area contributed by atoms with Crippen molar-refractivity contribution in [2.75, 3.05) is 13.2 Å². The van der Waals surface area contributed by atoms with Crippen molar-refractivity contribution in [2.24, 2.45) is 0 Å². The molecule has 0 aliphatic rings. The van der Waals surface area contributed by atoms with Crippen molar-refractivity contribution in [3.8, 4) is 6.07 Å². The number of ether oxygens (including phenoxy) is 1. The summed E-state index contributed by atoms with van der Waals surface area (Å²) in [6.07, 6.45) is 0. The van der Waals surface area contributed by atoms with Crippen LogP contribution in [0.1, 0.15) is 16.7 Å². The molecule has 2 rings (SSSR count). The third-order valence-corrected chi connectivity index (χ3v) is 5.22. The van der Waals surface area contributed by atoms with Gasteiger partial charge in [0.25, 0.3) is 5.91 Å². The first-order valence-electron chi connectivity index (χ1n) is 8.28. The molecule has 0 aromatic heterocycles. The van der Waals surface area contributed by atoms with E-state index in [2.05, 4.69) is 10.0 Å². The quantitative estimate of drug-likeness (QED) is 0.636. The first-order chi connectivity index (χ1) is 13.3. The second-order valence-corrected chi connectivity index (χ2v) is 7.59. The molecule has 0 fully saturated rings. The molecule has 0 saturated carbocycles. The third-order valence-electron chi connectivity index (χ3n) is 3.80. The summed E-state index contributed by atoms with van der Waals surface area (Å²) in [5, 5.41) is 11.3. The van der Waals surface area contributed by atoms with E-state index in [9.17, 15) is 18.0 Å². The zero-order valence-corrected chi connectivity index (χ0v) is 16.0. The summed E-state index contributed by atoms with van der Waals surface area (Å²) in [7, 11) is -3.93. The molecule has 2 N–H and O–H groups in total. The van der Waals surface area contributed by atoms with Crippen molar-refractivity contribution in [3.05, 3.63) is 65.2 Å². The molecular formula is C19H19N3O5S. The van der Waals surface area contributed by atoms with Gasteiger partial charge in [-0.05, 0) is 42.3 Å². The molecular weight excluding hydrogens is 382 g/mol. The molecule has 0 radical (unpaired) electrons. The average molecular weight is 401 g/mol. The number of esters is 1. The van der Waals surface area contributed by atoms with Crippen LogP contribution in [0.15, 0.2) is 53.4 Å². The molecule has 28 heavy (non-hydrogen) atoms. The molecule has 0 unspecified atom stereocenters. The number of carbonyl (C=O) groups is 2. The van der Waals surface area contributed by atoms with Crippen LogP contribution in [-0.4, -0.2) is 33.4 Å². The van der Waals surface area contributed by atoms with Crippen molar-refractivity contribution in [1.82, 2.24) is 10.0 Å². The molecule has 0 saturated heterocycles. The van der Waals surface area contributed by atoms with E-state index in [0.717, 1.165) is 11.1 Å². The van der Waals surface area contributed by atoms with Gasteiger partial charge in [0.05, 0.1) is 16.5 Å². The zero-order chi connectivity index (χ0) is 20.6. The fraction of sp³-hybridized carbons (Fsp3) is 0.211. The maximum atomic E-state index is 12.1. The van der Waals surface area contributed by atoms with Gasteiger partial charge in [0.1, 0.15) is 6.54 Å². The van der Waals surface area contributed by atoms with Gasteiger partial charge in [0, 0.05) is 6.54 Å². The number of sulfonamides is 1. The monoisotopic (exact) mass is 401 g/mol. The van der Waals surface area contributed by atoms with Gasteiger partial charge in [-0.3, -0.25) is 9.59 Å². The number of nitrogens with one attached hydrogen (secondary N) is 2. The number of nitrogens with zero attached hydrogens (tertiary/aromatic N) is 1. The van der Waals surface area contributed by atoms with Crippen molar-refractivity contribution in [3.63, 3.8) is 0 Å². The van der Waals surface area contributed by atoms with Crippen LogP contribution in [0.3, 0.4) is 0 Å². The Balaban J connectivity index is 1.76. The van der Waals surface area contributed by atoms with Gasteiger partial charge in [-0.1, -0.05) is 24.3 Å². The van der Waals surface area contributed by atoms with E-state index >= 15 is 0 Å². The zero-order valence-electron chi connectivity index (χ0n) is 15.1. The highest BCUT2D eigenvalue weighted by Crippen LogP contribution is 2.09. The first kappa shape index (κ1) is 21.1. The van der Waals surface area contributed by atoms with Crippen LogP contribution in [0.25, 0.3) is 0 Å². The van der Waals surface area contributed by atoms with Crippen LogP contribution in [0, 0.1) is 18.3 Å². The summed E-state index contributed by atoms with van der Waals surface area (Å²) < 4.78 is 31.0. The fourth-order valence-electron chi connectivity index (χ4n) is 2.20. The molecule has 1 amide bonds. The Morgan fingerprint density at radius 1 is 1.11 bits per heavy atom. The van der Waals surface area contributed by atoms with E-state index in [0.29, 0.717) is 12.1 Å². The lowest BCUT2D eigenvalue weighted by Crippen LogP contribution is -2.33. The second kappa shape index (κ2) is 9.64. The molecule has 8 nitrogen and oxygen atoms in total. The number of carbonyl (C=O) groups excluding carboxylic acids is 2. The summed E-state index contributed by atoms with van der Waals surface area (Å²) in [6.45, 7) is 1.09. The van der Waals surface area contributed by atoms with Crippen LogP contribution in [0.5, 0.6) is 0 Å². The highest BCUT2D eigenvalue weighted by Gasteiger charge is 2.16. The van der Waals surface area contributed by atoms with Crippen LogP contribution in [0.2, 0.25) is 0 Å². The number of benzene rings is 2. The lowest BCUT2D eigenvalue weighted by atomic mass is 10.1. The summed E-state index contributed by atoms with van der Waals surface area (Å²) in [5.41, 5.74) is 2.28. The predicted molar refractivity (Wildman–Crippen MR) is 100 cm³/mol. The van der Waals surface area contributed by atoms with Crippen LogP contribution >= 0.6 is 0 Å². The summed E-state index contributed by atoms with van der Waals surface area (Å²) >= 11 is 0. The number of aryl methyl sites for hydroxylation is 1. The van der Waals surface area contributed by atoms with Crippen molar-refractivity contribution >= 4 is 21.9 Å². The van der Waals surface area contributed by atoms with Gasteiger partial charge >= 0.3 is 5.97 Å².